The van der Waals surface area contributed by atoms with Crippen molar-refractivity contribution in [3.05, 3.63) is 41.5 Å². The molecule has 3 heterocycles. The third-order valence-corrected chi connectivity index (χ3v) is 9.58. The minimum absolute atomic E-state index is 0.0104. The Morgan fingerprint density at radius 3 is 2.58 bits per heavy atom. The summed E-state index contributed by atoms with van der Waals surface area (Å²) in [4.78, 5) is 39.4. The molecule has 40 heavy (non-hydrogen) atoms. The average molecular weight is 582 g/mol. The first kappa shape index (κ1) is 26.6. The number of aromatic nitrogens is 1. The highest BCUT2D eigenvalue weighted by Gasteiger charge is 2.68. The maximum Gasteiger partial charge on any atom is 0.311 e. The molecular weight excluding hydrogens is 555 g/mol. The average Bonchev–Trinajstić information content (AvgIpc) is 3.23. The van der Waals surface area contributed by atoms with Crippen molar-refractivity contribution in [2.24, 2.45) is 12.5 Å². The van der Waals surface area contributed by atoms with E-state index in [9.17, 15) is 36.0 Å². The maximum absolute atomic E-state index is 13.7. The monoisotopic (exact) mass is 581 g/mol. The number of hydrogen-bond acceptors (Lipinski definition) is 6. The van der Waals surface area contributed by atoms with Crippen LogP contribution >= 0.6 is 0 Å². The van der Waals surface area contributed by atoms with Crippen LogP contribution in [-0.2, 0) is 26.7 Å². The van der Waals surface area contributed by atoms with Crippen molar-refractivity contribution in [3.63, 3.8) is 0 Å². The molecule has 15 heteroatoms. The molecule has 3 atom stereocenters. The normalized spacial score (nSPS) is 27.6. The Kier molecular flexibility index (Phi) is 5.79. The topological polar surface area (TPSA) is 139 Å². The van der Waals surface area contributed by atoms with Gasteiger partial charge in [0.25, 0.3) is 11.8 Å². The van der Waals surface area contributed by atoms with Crippen LogP contribution in [0.2, 0.25) is 0 Å². The van der Waals surface area contributed by atoms with Crippen molar-refractivity contribution in [2.75, 3.05) is 18.4 Å². The SMILES string of the molecule is Cc1cc(NC(=O)c2c3c(cn2C)S(=O)(=O)N[C@H]2CN(C(=O)C(=O)NC4CC(F)(F)C4)CC24C[C@H]4O3)ccc1F. The highest BCUT2D eigenvalue weighted by Crippen LogP contribution is 2.57. The van der Waals surface area contributed by atoms with Gasteiger partial charge in [-0.25, -0.2) is 26.3 Å². The van der Waals surface area contributed by atoms with Crippen molar-refractivity contribution in [2.45, 2.75) is 55.2 Å². The van der Waals surface area contributed by atoms with Crippen LogP contribution in [0.4, 0.5) is 18.9 Å². The Morgan fingerprint density at radius 2 is 1.90 bits per heavy atom. The molecule has 6 rings (SSSR count). The van der Waals surface area contributed by atoms with Crippen LogP contribution in [0.1, 0.15) is 35.3 Å². The van der Waals surface area contributed by atoms with E-state index in [0.29, 0.717) is 17.7 Å². The summed E-state index contributed by atoms with van der Waals surface area (Å²) in [6.07, 6.45) is -0.0369. The van der Waals surface area contributed by atoms with Crippen molar-refractivity contribution < 1.29 is 40.7 Å². The van der Waals surface area contributed by atoms with Gasteiger partial charge in [0.2, 0.25) is 10.0 Å². The van der Waals surface area contributed by atoms with E-state index in [-0.39, 0.29) is 29.4 Å². The van der Waals surface area contributed by atoms with Crippen LogP contribution in [0.5, 0.6) is 5.75 Å². The van der Waals surface area contributed by atoms with E-state index in [4.69, 9.17) is 4.74 Å². The number of ether oxygens (including phenoxy) is 1. The number of fused-ring (bicyclic) bond motifs is 1. The minimum Gasteiger partial charge on any atom is -0.486 e. The highest BCUT2D eigenvalue weighted by molar-refractivity contribution is 7.89. The molecule has 2 aromatic rings. The summed E-state index contributed by atoms with van der Waals surface area (Å²) in [5.41, 5.74) is -0.274. The summed E-state index contributed by atoms with van der Waals surface area (Å²) in [7, 11) is -2.74. The molecular formula is C25H26F3N5O6S. The van der Waals surface area contributed by atoms with Crippen LogP contribution in [-0.4, -0.2) is 72.8 Å². The third kappa shape index (κ3) is 4.31. The maximum atomic E-state index is 13.7. The van der Waals surface area contributed by atoms with Crippen LogP contribution in [0.3, 0.4) is 0 Å². The number of alkyl halides is 2. The van der Waals surface area contributed by atoms with Gasteiger partial charge in [-0.15, -0.1) is 0 Å². The molecule has 1 unspecified atom stereocenters. The fourth-order valence-corrected chi connectivity index (χ4v) is 7.32. The number of sulfonamides is 1. The summed E-state index contributed by atoms with van der Waals surface area (Å²) in [5, 5.41) is 4.95. The number of amides is 3. The third-order valence-electron chi connectivity index (χ3n) is 8.12. The zero-order chi connectivity index (χ0) is 28.8. The molecule has 3 amide bonds. The second-order valence-corrected chi connectivity index (χ2v) is 12.7. The lowest BCUT2D eigenvalue weighted by atomic mass is 9.88. The fourth-order valence-electron chi connectivity index (χ4n) is 5.82. The number of halogens is 3. The molecule has 0 bridgehead atoms. The number of nitrogens with one attached hydrogen (secondary N) is 3. The molecule has 4 aliphatic rings. The second-order valence-electron chi connectivity index (χ2n) is 11.0. The van der Waals surface area contributed by atoms with Crippen LogP contribution in [0.15, 0.2) is 29.3 Å². The quantitative estimate of drug-likeness (QED) is 0.467. The predicted molar refractivity (Wildman–Crippen MR) is 133 cm³/mol. The fraction of sp³-hybridized carbons (Fsp3) is 0.480. The lowest BCUT2D eigenvalue weighted by Gasteiger charge is -2.35. The standard InChI is InChI=1S/C25H26F3N5O6S/c1-12-5-13(3-4-15(12)26)29-21(34)19-20-16(9-32(19)2)40(37,38)31-17-10-33(11-24(17)8-18(24)39-20)23(36)22(35)30-14-6-25(27,28)7-14/h3-5,9,14,17-18,31H,6-8,10-11H2,1-2H3,(H,29,34)(H,30,35)/t17-,18+,24?/m0/s1. The molecule has 2 aliphatic carbocycles. The number of likely N-dealkylation sites (tertiary alicyclic amines) is 1. The molecule has 0 radical (unpaired) electrons. The minimum atomic E-state index is -4.23. The van der Waals surface area contributed by atoms with Gasteiger partial charge in [0, 0.05) is 56.3 Å². The number of hydrogen-bond donors (Lipinski definition) is 3. The molecule has 1 aromatic heterocycles. The second kappa shape index (κ2) is 8.70. The summed E-state index contributed by atoms with van der Waals surface area (Å²) in [5.74, 6) is -6.08. The zero-order valence-corrected chi connectivity index (χ0v) is 22.3. The number of rotatable bonds is 3. The van der Waals surface area contributed by atoms with Gasteiger partial charge in [-0.1, -0.05) is 0 Å². The van der Waals surface area contributed by atoms with E-state index in [1.807, 2.05) is 0 Å². The summed E-state index contributed by atoms with van der Waals surface area (Å²) < 4.78 is 76.8. The number of anilines is 1. The molecule has 3 fully saturated rings. The number of nitrogens with zero attached hydrogens (tertiary/aromatic N) is 2. The van der Waals surface area contributed by atoms with E-state index in [0.717, 1.165) is 0 Å². The molecule has 214 valence electrons. The number of aryl methyl sites for hydroxylation is 2. The molecule has 11 nitrogen and oxygen atoms in total. The molecule has 3 N–H and O–H groups in total. The van der Waals surface area contributed by atoms with E-state index in [2.05, 4.69) is 15.4 Å². The van der Waals surface area contributed by atoms with Gasteiger partial charge < -0.3 is 24.8 Å². The molecule has 1 aromatic carbocycles. The predicted octanol–water partition coefficient (Wildman–Crippen LogP) is 1.28. The van der Waals surface area contributed by atoms with Crippen molar-refractivity contribution in [1.29, 1.82) is 0 Å². The Labute approximate surface area is 227 Å². The van der Waals surface area contributed by atoms with Gasteiger partial charge in [0.15, 0.2) is 11.4 Å². The van der Waals surface area contributed by atoms with Crippen LogP contribution in [0, 0.1) is 18.2 Å². The lowest BCUT2D eigenvalue weighted by molar-refractivity contribution is -0.148. The largest absolute Gasteiger partial charge is 0.486 e. The summed E-state index contributed by atoms with van der Waals surface area (Å²) in [6, 6.07) is 2.46. The molecule has 1 saturated heterocycles. The number of benzene rings is 1. The van der Waals surface area contributed by atoms with Crippen molar-refractivity contribution >= 4 is 33.4 Å². The zero-order valence-electron chi connectivity index (χ0n) is 21.5. The van der Waals surface area contributed by atoms with Gasteiger partial charge in [0.05, 0.1) is 6.04 Å². The Morgan fingerprint density at radius 1 is 1.18 bits per heavy atom. The first-order valence-electron chi connectivity index (χ1n) is 12.6. The van der Waals surface area contributed by atoms with Crippen LogP contribution in [0.25, 0.3) is 0 Å². The van der Waals surface area contributed by atoms with E-state index in [1.54, 1.807) is 6.92 Å². The molecule has 2 aliphatic heterocycles. The van der Waals surface area contributed by atoms with E-state index < -0.39 is 75.9 Å². The van der Waals surface area contributed by atoms with Gasteiger partial charge in [-0.05, 0) is 37.1 Å². The highest BCUT2D eigenvalue weighted by atomic mass is 32.2. The van der Waals surface area contributed by atoms with Crippen LogP contribution < -0.4 is 20.1 Å². The summed E-state index contributed by atoms with van der Waals surface area (Å²) in [6.45, 7) is 1.44. The summed E-state index contributed by atoms with van der Waals surface area (Å²) >= 11 is 0. The van der Waals surface area contributed by atoms with Gasteiger partial charge in [-0.2, -0.15) is 0 Å². The molecule has 1 spiro atoms. The number of carbonyl (C=O) groups is 3. The van der Waals surface area contributed by atoms with Gasteiger partial charge in [-0.3, -0.25) is 14.4 Å². The van der Waals surface area contributed by atoms with Crippen molar-refractivity contribution in [3.8, 4) is 5.75 Å². The Hall–Kier alpha value is -3.59. The van der Waals surface area contributed by atoms with Crippen molar-refractivity contribution in [1.82, 2.24) is 19.5 Å². The van der Waals surface area contributed by atoms with E-state index >= 15 is 0 Å². The van der Waals surface area contributed by atoms with Gasteiger partial charge in [0.1, 0.15) is 16.8 Å². The van der Waals surface area contributed by atoms with E-state index in [1.165, 1.54) is 40.9 Å². The molecule has 2 saturated carbocycles. The Balaban J connectivity index is 1.22. The number of carbonyl (C=O) groups excluding carboxylic acids is 3. The van der Waals surface area contributed by atoms with Gasteiger partial charge >= 0.3 is 11.8 Å². The lowest BCUT2D eigenvalue weighted by Crippen LogP contribution is -2.54. The smallest absolute Gasteiger partial charge is 0.311 e. The first-order valence-corrected chi connectivity index (χ1v) is 14.1. The Bertz CT molecular complexity index is 1570. The first-order chi connectivity index (χ1) is 18.7.